The molecule has 6 nitrogen and oxygen atoms in total. The van der Waals surface area contributed by atoms with Gasteiger partial charge < -0.3 is 15.6 Å². The molecule has 0 aliphatic rings. The summed E-state index contributed by atoms with van der Waals surface area (Å²) in [6, 6.07) is 11.7. The monoisotopic (exact) mass is 364 g/mol. The molecule has 0 atom stereocenters. The number of nitrogen functional groups attached to an aromatic ring is 1. The molecule has 0 radical (unpaired) electrons. The highest BCUT2D eigenvalue weighted by atomic mass is 16.5. The second kappa shape index (κ2) is 7.23. The number of hydrogen-bond donors (Lipinski definition) is 2. The van der Waals surface area contributed by atoms with Crippen molar-refractivity contribution in [1.29, 1.82) is 0 Å². The zero-order valence-corrected chi connectivity index (χ0v) is 16.0. The summed E-state index contributed by atoms with van der Waals surface area (Å²) in [5.74, 6) is 1.57. The van der Waals surface area contributed by atoms with Crippen LogP contribution in [-0.2, 0) is 10.2 Å². The Labute approximate surface area is 158 Å². The van der Waals surface area contributed by atoms with Crippen molar-refractivity contribution < 1.29 is 9.32 Å². The van der Waals surface area contributed by atoms with E-state index in [0.29, 0.717) is 18.1 Å². The van der Waals surface area contributed by atoms with Gasteiger partial charge in [0.25, 0.3) is 0 Å². The van der Waals surface area contributed by atoms with Crippen molar-refractivity contribution in [1.82, 2.24) is 10.1 Å². The topological polar surface area (TPSA) is 94.0 Å². The first-order chi connectivity index (χ1) is 12.8. The number of nitrogens with one attached hydrogen (secondary N) is 1. The average molecular weight is 364 g/mol. The molecule has 27 heavy (non-hydrogen) atoms. The molecule has 140 valence electrons. The van der Waals surface area contributed by atoms with Crippen molar-refractivity contribution in [2.24, 2.45) is 0 Å². The van der Waals surface area contributed by atoms with E-state index in [9.17, 15) is 4.79 Å². The average Bonchev–Trinajstić information content (AvgIpc) is 3.06. The number of rotatable bonds is 4. The number of pyridine rings is 1. The minimum Gasteiger partial charge on any atom is -0.384 e. The lowest BCUT2D eigenvalue weighted by Crippen LogP contribution is -2.13. The molecular formula is C21H24N4O2. The molecule has 2 aromatic heterocycles. The van der Waals surface area contributed by atoms with Crippen LogP contribution in [0.5, 0.6) is 0 Å². The van der Waals surface area contributed by atoms with Gasteiger partial charge in [-0.05, 0) is 23.3 Å². The second-order valence-electron chi connectivity index (χ2n) is 7.44. The molecule has 1 aromatic carbocycles. The summed E-state index contributed by atoms with van der Waals surface area (Å²) in [5, 5.41) is 6.94. The van der Waals surface area contributed by atoms with Crippen LogP contribution in [-0.4, -0.2) is 16.0 Å². The highest BCUT2D eigenvalue weighted by Gasteiger charge is 2.28. The Morgan fingerprint density at radius 1 is 1.07 bits per heavy atom. The molecule has 3 rings (SSSR count). The van der Waals surface area contributed by atoms with Crippen LogP contribution in [0, 0.1) is 0 Å². The number of carbonyl (C=O) groups excluding carboxylic acids is 1. The Bertz CT molecular complexity index is 936. The summed E-state index contributed by atoms with van der Waals surface area (Å²) >= 11 is 0. The molecule has 0 saturated heterocycles. The van der Waals surface area contributed by atoms with Gasteiger partial charge in [-0.1, -0.05) is 57.1 Å². The molecule has 0 spiro atoms. The molecule has 0 unspecified atom stereocenters. The van der Waals surface area contributed by atoms with Gasteiger partial charge in [-0.3, -0.25) is 4.79 Å². The number of nitrogens with two attached hydrogens (primary N) is 1. The summed E-state index contributed by atoms with van der Waals surface area (Å²) in [6.45, 7) is 7.96. The molecule has 3 N–H and O–H groups in total. The third-order valence-electron chi connectivity index (χ3n) is 4.25. The van der Waals surface area contributed by atoms with E-state index < -0.39 is 0 Å². The van der Waals surface area contributed by atoms with Crippen LogP contribution in [0.4, 0.5) is 11.6 Å². The van der Waals surface area contributed by atoms with Crippen molar-refractivity contribution >= 4 is 17.5 Å². The Hall–Kier alpha value is -3.15. The minimum absolute atomic E-state index is 0.102. The first kappa shape index (κ1) is 18.6. The number of nitrogens with zero attached hydrogens (tertiary/aromatic N) is 2. The quantitative estimate of drug-likeness (QED) is 0.704. The van der Waals surface area contributed by atoms with Gasteiger partial charge in [0.1, 0.15) is 5.82 Å². The van der Waals surface area contributed by atoms with Crippen LogP contribution in [0.2, 0.25) is 0 Å². The maximum Gasteiger partial charge on any atom is 0.225 e. The normalized spacial score (nSPS) is 11.4. The van der Waals surface area contributed by atoms with E-state index in [1.54, 1.807) is 19.2 Å². The van der Waals surface area contributed by atoms with Gasteiger partial charge in [-0.15, -0.1) is 0 Å². The molecule has 0 fully saturated rings. The molecule has 6 heteroatoms. The van der Waals surface area contributed by atoms with E-state index in [1.165, 1.54) is 0 Å². The molecule has 0 aliphatic heterocycles. The van der Waals surface area contributed by atoms with Crippen LogP contribution in [0.1, 0.15) is 39.9 Å². The van der Waals surface area contributed by atoms with Crippen LogP contribution in [0.3, 0.4) is 0 Å². The second-order valence-corrected chi connectivity index (χ2v) is 7.44. The van der Waals surface area contributed by atoms with Gasteiger partial charge in [0.05, 0.1) is 5.56 Å². The maximum absolute atomic E-state index is 11.9. The standard InChI is InChI=1S/C21H24N4O2/c1-5-17(26)24-20-18(19(27-25-20)21(2,3)4)14-8-6-13(7-9-14)15-10-11-16(22)23-12-15/h6-12H,5H2,1-4H3,(H2,22,23)(H,24,25,26). The van der Waals surface area contributed by atoms with Gasteiger partial charge in [0.2, 0.25) is 5.91 Å². The minimum atomic E-state index is -0.253. The Morgan fingerprint density at radius 2 is 1.70 bits per heavy atom. The molecule has 0 saturated carbocycles. The van der Waals surface area contributed by atoms with Crippen LogP contribution in [0.15, 0.2) is 47.1 Å². The van der Waals surface area contributed by atoms with E-state index in [2.05, 4.69) is 36.2 Å². The van der Waals surface area contributed by atoms with Crippen LogP contribution < -0.4 is 11.1 Å². The number of benzene rings is 1. The first-order valence-electron chi connectivity index (χ1n) is 8.92. The summed E-state index contributed by atoms with van der Waals surface area (Å²) in [5.41, 5.74) is 9.15. The van der Waals surface area contributed by atoms with Gasteiger partial charge in [-0.25, -0.2) is 4.98 Å². The number of anilines is 2. The SMILES string of the molecule is CCC(=O)Nc1noc(C(C)(C)C)c1-c1ccc(-c2ccc(N)nc2)cc1. The first-order valence-corrected chi connectivity index (χ1v) is 8.92. The molecular weight excluding hydrogens is 340 g/mol. The Kier molecular flexibility index (Phi) is 4.99. The Morgan fingerprint density at radius 3 is 2.26 bits per heavy atom. The van der Waals surface area contributed by atoms with Gasteiger partial charge in [0, 0.05) is 23.6 Å². The van der Waals surface area contributed by atoms with Crippen molar-refractivity contribution in [2.45, 2.75) is 39.5 Å². The fourth-order valence-electron chi connectivity index (χ4n) is 2.78. The van der Waals surface area contributed by atoms with E-state index in [4.69, 9.17) is 10.3 Å². The highest BCUT2D eigenvalue weighted by molar-refractivity contribution is 5.94. The lowest BCUT2D eigenvalue weighted by molar-refractivity contribution is -0.115. The van der Waals surface area contributed by atoms with Gasteiger partial charge >= 0.3 is 0 Å². The van der Waals surface area contributed by atoms with Crippen molar-refractivity contribution in [3.8, 4) is 22.3 Å². The molecule has 3 aromatic rings. The predicted octanol–water partition coefficient (Wildman–Crippen LogP) is 4.63. The summed E-state index contributed by atoms with van der Waals surface area (Å²) in [4.78, 5) is 16.0. The zero-order valence-electron chi connectivity index (χ0n) is 16.0. The van der Waals surface area contributed by atoms with Crippen LogP contribution >= 0.6 is 0 Å². The van der Waals surface area contributed by atoms with Gasteiger partial charge in [-0.2, -0.15) is 0 Å². The van der Waals surface area contributed by atoms with Gasteiger partial charge in [0.15, 0.2) is 11.6 Å². The predicted molar refractivity (Wildman–Crippen MR) is 107 cm³/mol. The summed E-state index contributed by atoms with van der Waals surface area (Å²) < 4.78 is 5.60. The Balaban J connectivity index is 2.02. The number of carbonyl (C=O) groups is 1. The molecule has 1 amide bonds. The van der Waals surface area contributed by atoms with E-state index in [0.717, 1.165) is 28.0 Å². The lowest BCUT2D eigenvalue weighted by atomic mass is 9.87. The fraction of sp³-hybridized carbons (Fsp3) is 0.286. The van der Waals surface area contributed by atoms with Crippen molar-refractivity contribution in [3.05, 3.63) is 48.4 Å². The molecule has 0 bridgehead atoms. The van der Waals surface area contributed by atoms with E-state index >= 15 is 0 Å². The third-order valence-corrected chi connectivity index (χ3v) is 4.25. The molecule has 0 aliphatic carbocycles. The number of amides is 1. The zero-order chi connectivity index (χ0) is 19.6. The smallest absolute Gasteiger partial charge is 0.225 e. The number of aromatic nitrogens is 2. The highest BCUT2D eigenvalue weighted by Crippen LogP contribution is 2.39. The van der Waals surface area contributed by atoms with Crippen LogP contribution in [0.25, 0.3) is 22.3 Å². The van der Waals surface area contributed by atoms with Crippen molar-refractivity contribution in [3.63, 3.8) is 0 Å². The number of hydrogen-bond acceptors (Lipinski definition) is 5. The lowest BCUT2D eigenvalue weighted by Gasteiger charge is -2.16. The largest absolute Gasteiger partial charge is 0.384 e. The van der Waals surface area contributed by atoms with Crippen molar-refractivity contribution in [2.75, 3.05) is 11.1 Å². The third kappa shape index (κ3) is 4.00. The summed E-state index contributed by atoms with van der Waals surface area (Å²) in [7, 11) is 0. The van der Waals surface area contributed by atoms with E-state index in [1.807, 2.05) is 30.3 Å². The molecule has 2 heterocycles. The maximum atomic E-state index is 11.9. The van der Waals surface area contributed by atoms with E-state index in [-0.39, 0.29) is 11.3 Å². The summed E-state index contributed by atoms with van der Waals surface area (Å²) in [6.07, 6.45) is 2.12. The fourth-order valence-corrected chi connectivity index (χ4v) is 2.78.